The predicted molar refractivity (Wildman–Crippen MR) is 8.06 cm³/mol. The molecule has 4 heteroatoms. The standard InChI is InChI=1S/3Na.H2O.3H/h;;;1H2;;;/q3*+1;;3*-1/p+1. The zero-order chi connectivity index (χ0) is 0. The molecule has 0 rings (SSSR count). The number of rotatable bonds is 0. The predicted octanol–water partition coefficient (Wildman–Crippen LogP) is -9.36. The van der Waals surface area contributed by atoms with Crippen molar-refractivity contribution < 1.29 is 99.9 Å². The average Bonchev–Trinajstić information content (AvgIpc) is 0. The summed E-state index contributed by atoms with van der Waals surface area (Å²) in [6.07, 6.45) is 0. The number of hydrogen-bond acceptors (Lipinski definition) is 0. The van der Waals surface area contributed by atoms with E-state index >= 15 is 0 Å². The van der Waals surface area contributed by atoms with Crippen molar-refractivity contribution >= 4 is 0 Å². The van der Waals surface area contributed by atoms with Crippen molar-refractivity contribution in [3.63, 3.8) is 0 Å². The summed E-state index contributed by atoms with van der Waals surface area (Å²) in [6.45, 7) is 0. The van der Waals surface area contributed by atoms with Crippen LogP contribution in [0.3, 0.4) is 0 Å². The molecule has 0 fully saturated rings. The summed E-state index contributed by atoms with van der Waals surface area (Å²) in [5.74, 6) is 0. The molecule has 0 saturated carbocycles. The summed E-state index contributed by atoms with van der Waals surface area (Å²) >= 11 is 0. The number of hydrogen-bond donors (Lipinski definition) is 0. The topological polar surface area (TPSA) is 31.5 Å². The molecule has 0 atom stereocenters. The van der Waals surface area contributed by atoms with Gasteiger partial charge in [0.25, 0.3) is 0 Å². The molecule has 0 aliphatic rings. The van der Waals surface area contributed by atoms with Crippen LogP contribution in [0.5, 0.6) is 0 Å². The van der Waals surface area contributed by atoms with Gasteiger partial charge in [-0.25, -0.2) is 0 Å². The maximum atomic E-state index is 0. The molecule has 0 spiro atoms. The van der Waals surface area contributed by atoms with E-state index in [0.29, 0.717) is 0 Å². The van der Waals surface area contributed by atoms with Gasteiger partial charge < -0.3 is 9.76 Å². The van der Waals surface area contributed by atoms with E-state index in [0.717, 1.165) is 0 Å². The van der Waals surface area contributed by atoms with Crippen LogP contribution in [0.4, 0.5) is 0 Å². The minimum atomic E-state index is 0. The van der Waals surface area contributed by atoms with Crippen LogP contribution in [0.15, 0.2) is 0 Å². The fourth-order valence-electron chi connectivity index (χ4n) is 0. The van der Waals surface area contributed by atoms with E-state index in [9.17, 15) is 0 Å². The van der Waals surface area contributed by atoms with Crippen molar-refractivity contribution in [2.45, 2.75) is 0 Å². The van der Waals surface area contributed by atoms with Crippen LogP contribution >= 0.6 is 0 Å². The third-order valence-electron chi connectivity index (χ3n) is 0. The molecule has 0 saturated heterocycles. The van der Waals surface area contributed by atoms with Crippen molar-refractivity contribution in [1.82, 2.24) is 0 Å². The van der Waals surface area contributed by atoms with Crippen LogP contribution < -0.4 is 88.7 Å². The minimum Gasteiger partial charge on any atom is -1.00 e. The normalized spacial score (nSPS) is 0. The molecule has 0 heterocycles. The molecule has 0 bridgehead atoms. The Kier molecular flexibility index (Phi) is 118. The Balaban J connectivity index is 0. The summed E-state index contributed by atoms with van der Waals surface area (Å²) in [7, 11) is 0. The first-order chi connectivity index (χ1) is 0. The third kappa shape index (κ3) is 8.88. The first-order valence-electron chi connectivity index (χ1n) is 0. The monoisotopic (exact) mass is 91.0 g/mol. The largest absolute Gasteiger partial charge is 1.00 e. The first kappa shape index (κ1) is 28.2. The van der Waals surface area contributed by atoms with E-state index in [-0.39, 0.29) is 99.9 Å². The Bertz CT molecular complexity index is 11.2. The van der Waals surface area contributed by atoms with Crippen molar-refractivity contribution in [3.8, 4) is 0 Å². The fraction of sp³-hybridized carbons (Fsp3) is 0. The van der Waals surface area contributed by atoms with Gasteiger partial charge in [-0.3, -0.25) is 0 Å². The molecule has 0 aliphatic heterocycles. The molecule has 4 heavy (non-hydrogen) atoms. The van der Waals surface area contributed by atoms with Gasteiger partial charge in [-0.05, 0) is 0 Å². The van der Waals surface area contributed by atoms with Crippen molar-refractivity contribution in [2.75, 3.05) is 0 Å². The molecular formula is H6Na3O+. The van der Waals surface area contributed by atoms with E-state index in [1.807, 2.05) is 0 Å². The molecule has 0 unspecified atom stereocenters. The summed E-state index contributed by atoms with van der Waals surface area (Å²) < 4.78 is 0. The van der Waals surface area contributed by atoms with Gasteiger partial charge in [0.05, 0.1) is 0 Å². The zero-order valence-corrected chi connectivity index (χ0v) is 9.50. The molecule has 0 radical (unpaired) electrons. The second-order valence-corrected chi connectivity index (χ2v) is 0. The summed E-state index contributed by atoms with van der Waals surface area (Å²) in [5.41, 5.74) is 0. The maximum Gasteiger partial charge on any atom is 1.00 e. The molecule has 0 aliphatic carbocycles. The van der Waals surface area contributed by atoms with Gasteiger partial charge in [0.15, 0.2) is 0 Å². The van der Waals surface area contributed by atoms with Crippen LogP contribution in [-0.2, 0) is 0 Å². The third-order valence-corrected chi connectivity index (χ3v) is 0. The Morgan fingerprint density at radius 2 is 1.00 bits per heavy atom. The van der Waals surface area contributed by atoms with Gasteiger partial charge >= 0.3 is 90.1 Å². The second-order valence-electron chi connectivity index (χ2n) is 0. The Morgan fingerprint density at radius 3 is 1.00 bits per heavy atom. The summed E-state index contributed by atoms with van der Waals surface area (Å²) in [6, 6.07) is 0. The minimum absolute atomic E-state index is 0. The smallest absolute Gasteiger partial charge is 1.00 e. The second kappa shape index (κ2) is 16.7. The zero-order valence-electron chi connectivity index (χ0n) is 7.50. The molecule has 0 aromatic carbocycles. The van der Waals surface area contributed by atoms with Crippen LogP contribution in [-0.4, -0.2) is 5.48 Å². The van der Waals surface area contributed by atoms with E-state index in [1.165, 1.54) is 0 Å². The van der Waals surface area contributed by atoms with Crippen LogP contribution in [0.1, 0.15) is 5.71 Å². The van der Waals surface area contributed by atoms with Gasteiger partial charge in [-0.15, -0.1) is 0 Å². The molecule has 1 nitrogen and oxygen atoms in total. The Labute approximate surface area is 98.0 Å². The maximum absolute atomic E-state index is 0. The van der Waals surface area contributed by atoms with Crippen LogP contribution in [0.25, 0.3) is 0 Å². The van der Waals surface area contributed by atoms with E-state index in [2.05, 4.69) is 0 Å². The van der Waals surface area contributed by atoms with Crippen molar-refractivity contribution in [1.29, 1.82) is 0 Å². The quantitative estimate of drug-likeness (QED) is 0.265. The van der Waals surface area contributed by atoms with Crippen molar-refractivity contribution in [3.05, 3.63) is 0 Å². The molecule has 14 valence electrons. The molecular weight excluding hydrogens is 85.0 g/mol. The van der Waals surface area contributed by atoms with Gasteiger partial charge in [0.2, 0.25) is 0 Å². The molecule has 0 aromatic rings. The van der Waals surface area contributed by atoms with E-state index in [4.69, 9.17) is 0 Å². The summed E-state index contributed by atoms with van der Waals surface area (Å²) in [4.78, 5) is 0. The fourth-order valence-corrected chi connectivity index (χ4v) is 0. The first-order valence-corrected chi connectivity index (χ1v) is 0. The van der Waals surface area contributed by atoms with Crippen LogP contribution in [0, 0.1) is 0 Å². The Hall–Kier alpha value is 2.96. The summed E-state index contributed by atoms with van der Waals surface area (Å²) in [5, 5.41) is 0. The van der Waals surface area contributed by atoms with Gasteiger partial charge in [0, 0.05) is 0 Å². The van der Waals surface area contributed by atoms with Gasteiger partial charge in [-0.2, -0.15) is 0 Å². The molecule has 0 aromatic heterocycles. The molecule has 0 amide bonds. The average molecular weight is 91.0 g/mol. The van der Waals surface area contributed by atoms with Gasteiger partial charge in [0.1, 0.15) is 0 Å². The van der Waals surface area contributed by atoms with E-state index in [1.54, 1.807) is 0 Å². The SMILES string of the molecule is O.[H+].[H-].[H-].[H-].[Na+].[Na+].[Na+]. The van der Waals surface area contributed by atoms with Crippen molar-refractivity contribution in [2.24, 2.45) is 0 Å². The molecule has 2 N–H and O–H groups in total. The van der Waals surface area contributed by atoms with E-state index < -0.39 is 0 Å². The van der Waals surface area contributed by atoms with Gasteiger partial charge in [-0.1, -0.05) is 0 Å². The Morgan fingerprint density at radius 1 is 1.00 bits per heavy atom. The van der Waals surface area contributed by atoms with Crippen LogP contribution in [0.2, 0.25) is 0 Å².